The Kier molecular flexibility index (Phi) is 5.27. The molecule has 2 atom stereocenters. The normalized spacial score (nSPS) is 28.0. The molecule has 0 spiro atoms. The first-order valence-corrected chi connectivity index (χ1v) is 8.47. The van der Waals surface area contributed by atoms with Crippen molar-refractivity contribution in [3.63, 3.8) is 0 Å². The molecule has 1 N–H and O–H groups in total. The Hall–Kier alpha value is -0.380. The van der Waals surface area contributed by atoms with Gasteiger partial charge in [-0.1, -0.05) is 54.9 Å². The Morgan fingerprint density at radius 1 is 1.40 bits per heavy atom. The van der Waals surface area contributed by atoms with Gasteiger partial charge in [0.2, 0.25) is 0 Å². The zero-order valence-corrected chi connectivity index (χ0v) is 14.7. The molecule has 1 aliphatic rings. The minimum atomic E-state index is 0.251. The molecule has 2 rings (SSSR count). The molecule has 1 heterocycles. The number of nitrogens with one attached hydrogen (secondary N) is 1. The third-order valence-electron chi connectivity index (χ3n) is 4.81. The van der Waals surface area contributed by atoms with Crippen molar-refractivity contribution in [2.24, 2.45) is 5.92 Å². The van der Waals surface area contributed by atoms with Crippen LogP contribution in [0, 0.1) is 5.92 Å². The van der Waals surface area contributed by atoms with Gasteiger partial charge in [-0.3, -0.25) is 4.90 Å². The highest BCUT2D eigenvalue weighted by Crippen LogP contribution is 2.28. The van der Waals surface area contributed by atoms with Crippen molar-refractivity contribution in [3.8, 4) is 0 Å². The average molecular weight is 339 g/mol. The van der Waals surface area contributed by atoms with Gasteiger partial charge in [0.15, 0.2) is 0 Å². The summed E-state index contributed by atoms with van der Waals surface area (Å²) in [6, 6.07) is 9.18. The zero-order valence-electron chi connectivity index (χ0n) is 13.1. The molecule has 0 aliphatic carbocycles. The summed E-state index contributed by atoms with van der Waals surface area (Å²) >= 11 is 3.68. The van der Waals surface area contributed by atoms with Crippen LogP contribution in [0.25, 0.3) is 0 Å². The second-order valence-electron chi connectivity index (χ2n) is 6.55. The van der Waals surface area contributed by atoms with E-state index in [9.17, 15) is 0 Å². The van der Waals surface area contributed by atoms with Crippen LogP contribution in [-0.2, 0) is 6.54 Å². The highest BCUT2D eigenvalue weighted by molar-refractivity contribution is 9.10. The highest BCUT2D eigenvalue weighted by atomic mass is 79.9. The molecular formula is C17H27BrN2. The summed E-state index contributed by atoms with van der Waals surface area (Å²) in [6.07, 6.45) is 1.18. The highest BCUT2D eigenvalue weighted by Gasteiger charge is 2.37. The largest absolute Gasteiger partial charge is 0.311 e. The Labute approximate surface area is 132 Å². The third kappa shape index (κ3) is 3.44. The molecule has 2 nitrogen and oxygen atoms in total. The molecular weight excluding hydrogens is 312 g/mol. The number of hydrogen-bond donors (Lipinski definition) is 1. The van der Waals surface area contributed by atoms with Crippen LogP contribution in [0.15, 0.2) is 28.7 Å². The van der Waals surface area contributed by atoms with Gasteiger partial charge in [0.1, 0.15) is 0 Å². The van der Waals surface area contributed by atoms with Crippen molar-refractivity contribution >= 4 is 15.9 Å². The fourth-order valence-electron chi connectivity index (χ4n) is 2.87. The topological polar surface area (TPSA) is 15.3 Å². The molecule has 1 aromatic rings. The van der Waals surface area contributed by atoms with E-state index in [1.807, 2.05) is 0 Å². The van der Waals surface area contributed by atoms with Gasteiger partial charge in [0.05, 0.1) is 0 Å². The SMILES string of the molecule is CCC1(C)CNC(C(C)C)CN1Cc1ccccc1Br. The number of hydrogen-bond acceptors (Lipinski definition) is 2. The lowest BCUT2D eigenvalue weighted by Crippen LogP contribution is -2.63. The number of halogens is 1. The maximum absolute atomic E-state index is 3.74. The van der Waals surface area contributed by atoms with Crippen molar-refractivity contribution in [2.75, 3.05) is 13.1 Å². The lowest BCUT2D eigenvalue weighted by Gasteiger charge is -2.49. The second kappa shape index (κ2) is 6.59. The minimum Gasteiger partial charge on any atom is -0.311 e. The van der Waals surface area contributed by atoms with Crippen LogP contribution in [-0.4, -0.2) is 29.6 Å². The van der Waals surface area contributed by atoms with E-state index in [-0.39, 0.29) is 5.54 Å². The minimum absolute atomic E-state index is 0.251. The Morgan fingerprint density at radius 2 is 2.10 bits per heavy atom. The second-order valence-corrected chi connectivity index (χ2v) is 7.41. The van der Waals surface area contributed by atoms with Crippen LogP contribution in [0.1, 0.15) is 39.7 Å². The van der Waals surface area contributed by atoms with Crippen LogP contribution in [0.4, 0.5) is 0 Å². The number of rotatable bonds is 4. The fourth-order valence-corrected chi connectivity index (χ4v) is 3.28. The van der Waals surface area contributed by atoms with Crippen LogP contribution in [0.5, 0.6) is 0 Å². The third-order valence-corrected chi connectivity index (χ3v) is 5.58. The molecule has 1 saturated heterocycles. The lowest BCUT2D eigenvalue weighted by atomic mass is 9.89. The first-order chi connectivity index (χ1) is 9.46. The van der Waals surface area contributed by atoms with E-state index >= 15 is 0 Å². The maximum Gasteiger partial charge on any atom is 0.0307 e. The monoisotopic (exact) mass is 338 g/mol. The van der Waals surface area contributed by atoms with Crippen LogP contribution in [0.3, 0.4) is 0 Å². The van der Waals surface area contributed by atoms with E-state index in [1.54, 1.807) is 0 Å². The summed E-state index contributed by atoms with van der Waals surface area (Å²) in [7, 11) is 0. The molecule has 0 aromatic heterocycles. The van der Waals surface area contributed by atoms with E-state index < -0.39 is 0 Å². The van der Waals surface area contributed by atoms with Gasteiger partial charge in [-0.05, 0) is 30.9 Å². The van der Waals surface area contributed by atoms with Gasteiger partial charge in [-0.25, -0.2) is 0 Å². The summed E-state index contributed by atoms with van der Waals surface area (Å²) in [4.78, 5) is 2.66. The van der Waals surface area contributed by atoms with Crippen LogP contribution < -0.4 is 5.32 Å². The molecule has 2 unspecified atom stereocenters. The molecule has 0 bridgehead atoms. The number of nitrogens with zero attached hydrogens (tertiary/aromatic N) is 1. The first kappa shape index (κ1) is 16.0. The maximum atomic E-state index is 3.74. The molecule has 112 valence electrons. The molecule has 1 aromatic carbocycles. The van der Waals surface area contributed by atoms with Crippen LogP contribution in [0.2, 0.25) is 0 Å². The summed E-state index contributed by atoms with van der Waals surface area (Å²) < 4.78 is 1.22. The summed E-state index contributed by atoms with van der Waals surface area (Å²) in [5, 5.41) is 3.74. The first-order valence-electron chi connectivity index (χ1n) is 7.68. The van der Waals surface area contributed by atoms with E-state index in [0.29, 0.717) is 12.0 Å². The number of piperazine rings is 1. The zero-order chi connectivity index (χ0) is 14.8. The molecule has 0 amide bonds. The predicted molar refractivity (Wildman–Crippen MR) is 89.9 cm³/mol. The van der Waals surface area contributed by atoms with Gasteiger partial charge < -0.3 is 5.32 Å². The fraction of sp³-hybridized carbons (Fsp3) is 0.647. The van der Waals surface area contributed by atoms with Gasteiger partial charge in [0.25, 0.3) is 0 Å². The molecule has 1 aliphatic heterocycles. The quantitative estimate of drug-likeness (QED) is 0.890. The number of benzene rings is 1. The molecule has 0 radical (unpaired) electrons. The van der Waals surface area contributed by atoms with Gasteiger partial charge in [-0.15, -0.1) is 0 Å². The van der Waals surface area contributed by atoms with E-state index in [0.717, 1.165) is 19.6 Å². The Bertz CT molecular complexity index is 446. The molecule has 0 saturated carbocycles. The smallest absolute Gasteiger partial charge is 0.0307 e. The van der Waals surface area contributed by atoms with E-state index in [2.05, 4.69) is 78.1 Å². The van der Waals surface area contributed by atoms with Crippen LogP contribution >= 0.6 is 15.9 Å². The summed E-state index contributed by atoms with van der Waals surface area (Å²) in [6.45, 7) is 12.5. The molecule has 3 heteroatoms. The summed E-state index contributed by atoms with van der Waals surface area (Å²) in [5.74, 6) is 0.679. The lowest BCUT2D eigenvalue weighted by molar-refractivity contribution is 0.0315. The average Bonchev–Trinajstić information content (AvgIpc) is 2.43. The van der Waals surface area contributed by atoms with Gasteiger partial charge in [-0.2, -0.15) is 0 Å². The Morgan fingerprint density at radius 3 is 2.70 bits per heavy atom. The van der Waals surface area contributed by atoms with Crippen molar-refractivity contribution in [1.29, 1.82) is 0 Å². The van der Waals surface area contributed by atoms with Gasteiger partial charge in [0, 0.05) is 35.7 Å². The van der Waals surface area contributed by atoms with Crippen molar-refractivity contribution < 1.29 is 0 Å². The summed E-state index contributed by atoms with van der Waals surface area (Å²) in [5.41, 5.74) is 1.64. The van der Waals surface area contributed by atoms with Crippen molar-refractivity contribution in [3.05, 3.63) is 34.3 Å². The molecule has 20 heavy (non-hydrogen) atoms. The standard InChI is InChI=1S/C17H27BrN2/c1-5-17(4)12-19-16(13(2)3)11-20(17)10-14-8-6-7-9-15(14)18/h6-9,13,16,19H,5,10-12H2,1-4H3. The predicted octanol–water partition coefficient (Wildman–Crippen LogP) is 4.05. The Balaban J connectivity index is 2.18. The van der Waals surface area contributed by atoms with E-state index in [1.165, 1.54) is 16.5 Å². The van der Waals surface area contributed by atoms with Gasteiger partial charge >= 0.3 is 0 Å². The van der Waals surface area contributed by atoms with E-state index in [4.69, 9.17) is 0 Å². The van der Waals surface area contributed by atoms with Crippen molar-refractivity contribution in [2.45, 2.75) is 52.2 Å². The molecule has 1 fully saturated rings. The van der Waals surface area contributed by atoms with Crippen molar-refractivity contribution in [1.82, 2.24) is 10.2 Å².